The maximum Gasteiger partial charge on any atom is 0.286 e. The lowest BCUT2D eigenvalue weighted by Gasteiger charge is -2.09. The molecule has 0 amide bonds. The molecule has 1 saturated carbocycles. The Hall–Kier alpha value is -0.710. The second-order valence-corrected chi connectivity index (χ2v) is 3.33. The smallest absolute Gasteiger partial charge is 0.286 e. The van der Waals surface area contributed by atoms with E-state index >= 15 is 0 Å². The zero-order chi connectivity index (χ0) is 8.16. The molecule has 0 aromatic carbocycles. The van der Waals surface area contributed by atoms with Gasteiger partial charge in [0.2, 0.25) is 0 Å². The van der Waals surface area contributed by atoms with E-state index in [9.17, 15) is 0 Å². The molecule has 2 nitrogen and oxygen atoms in total. The van der Waals surface area contributed by atoms with Crippen molar-refractivity contribution in [3.63, 3.8) is 0 Å². The van der Waals surface area contributed by atoms with Gasteiger partial charge in [-0.25, -0.2) is 0 Å². The highest BCUT2D eigenvalue weighted by molar-refractivity contribution is 4.97. The summed E-state index contributed by atoms with van der Waals surface area (Å²) in [4.78, 5) is 0. The maximum atomic E-state index is 8.33. The van der Waals surface area contributed by atoms with Crippen molar-refractivity contribution in [2.45, 2.75) is 51.0 Å². The van der Waals surface area contributed by atoms with Crippen molar-refractivity contribution in [3.8, 4) is 6.26 Å². The van der Waals surface area contributed by atoms with Crippen LogP contribution in [0, 0.1) is 11.5 Å². The lowest BCUT2D eigenvalue weighted by Crippen LogP contribution is -2.09. The Morgan fingerprint density at radius 3 is 2.64 bits per heavy atom. The highest BCUT2D eigenvalue weighted by Gasteiger charge is 2.44. The van der Waals surface area contributed by atoms with E-state index in [0.717, 1.165) is 19.3 Å². The van der Waals surface area contributed by atoms with Crippen LogP contribution in [0.4, 0.5) is 0 Å². The van der Waals surface area contributed by atoms with E-state index in [1.165, 1.54) is 19.3 Å². The zero-order valence-corrected chi connectivity index (χ0v) is 7.10. The molecule has 2 heteroatoms. The average Bonchev–Trinajstić information content (AvgIpc) is 2.71. The Labute approximate surface area is 68.2 Å². The van der Waals surface area contributed by atoms with Crippen LogP contribution in [-0.2, 0) is 4.74 Å². The molecule has 0 radical (unpaired) electrons. The number of nitrogens with zero attached hydrogens (tertiary/aromatic N) is 1. The average molecular weight is 153 g/mol. The monoisotopic (exact) mass is 153 g/mol. The summed E-state index contributed by atoms with van der Waals surface area (Å²) in [6, 6.07) is 0. The van der Waals surface area contributed by atoms with Gasteiger partial charge in [0.05, 0.1) is 0 Å². The summed E-state index contributed by atoms with van der Waals surface area (Å²) in [5.74, 6) is 0. The van der Waals surface area contributed by atoms with Gasteiger partial charge in [-0.1, -0.05) is 19.8 Å². The number of ether oxygens (including phenoxy) is 1. The molecule has 0 heterocycles. The highest BCUT2D eigenvalue weighted by Crippen LogP contribution is 2.43. The van der Waals surface area contributed by atoms with Crippen LogP contribution in [0.3, 0.4) is 0 Å². The van der Waals surface area contributed by atoms with E-state index in [1.807, 2.05) is 0 Å². The maximum absolute atomic E-state index is 8.33. The third kappa shape index (κ3) is 2.42. The van der Waals surface area contributed by atoms with E-state index in [-0.39, 0.29) is 5.60 Å². The fourth-order valence-corrected chi connectivity index (χ4v) is 1.34. The minimum atomic E-state index is -0.0100. The minimum Gasteiger partial charge on any atom is -0.421 e. The van der Waals surface area contributed by atoms with Crippen molar-refractivity contribution in [2.24, 2.45) is 0 Å². The van der Waals surface area contributed by atoms with Gasteiger partial charge >= 0.3 is 0 Å². The van der Waals surface area contributed by atoms with Crippen LogP contribution < -0.4 is 0 Å². The Balaban J connectivity index is 2.10. The van der Waals surface area contributed by atoms with Crippen molar-refractivity contribution in [1.82, 2.24) is 0 Å². The summed E-state index contributed by atoms with van der Waals surface area (Å²) in [5, 5.41) is 8.33. The molecule has 1 fully saturated rings. The Kier molecular flexibility index (Phi) is 2.76. The van der Waals surface area contributed by atoms with Crippen LogP contribution in [0.2, 0.25) is 0 Å². The molecule has 1 rings (SSSR count). The van der Waals surface area contributed by atoms with Gasteiger partial charge in [0.25, 0.3) is 6.26 Å². The number of unbranched alkanes of at least 4 members (excludes halogenated alkanes) is 2. The van der Waals surface area contributed by atoms with Crippen molar-refractivity contribution >= 4 is 0 Å². The Morgan fingerprint density at radius 2 is 2.18 bits per heavy atom. The molecule has 0 aromatic heterocycles. The summed E-state index contributed by atoms with van der Waals surface area (Å²) >= 11 is 0. The first-order chi connectivity index (χ1) is 5.33. The number of nitriles is 1. The van der Waals surface area contributed by atoms with Gasteiger partial charge in [0.1, 0.15) is 5.60 Å². The van der Waals surface area contributed by atoms with Gasteiger partial charge in [0.15, 0.2) is 0 Å². The molecule has 1 aliphatic carbocycles. The van der Waals surface area contributed by atoms with Crippen molar-refractivity contribution < 1.29 is 4.74 Å². The topological polar surface area (TPSA) is 33.0 Å². The third-order valence-electron chi connectivity index (χ3n) is 2.31. The molecule has 0 aromatic rings. The second kappa shape index (κ2) is 3.61. The Bertz CT molecular complexity index is 155. The van der Waals surface area contributed by atoms with E-state index in [4.69, 9.17) is 10.00 Å². The van der Waals surface area contributed by atoms with Gasteiger partial charge in [0, 0.05) is 0 Å². The van der Waals surface area contributed by atoms with Crippen molar-refractivity contribution in [1.29, 1.82) is 5.26 Å². The fraction of sp³-hybridized carbons (Fsp3) is 0.889. The predicted octanol–water partition coefficient (Wildman–Crippen LogP) is 2.60. The van der Waals surface area contributed by atoms with E-state index in [0.29, 0.717) is 0 Å². The molecular weight excluding hydrogens is 138 g/mol. The van der Waals surface area contributed by atoms with Crippen LogP contribution >= 0.6 is 0 Å². The SMILES string of the molecule is CCCCCC1(OC#N)CC1. The summed E-state index contributed by atoms with van der Waals surface area (Å²) in [6.07, 6.45) is 8.76. The van der Waals surface area contributed by atoms with Crippen molar-refractivity contribution in [3.05, 3.63) is 0 Å². The molecule has 0 spiro atoms. The van der Waals surface area contributed by atoms with Crippen LogP contribution in [0.5, 0.6) is 0 Å². The number of rotatable bonds is 5. The highest BCUT2D eigenvalue weighted by atomic mass is 16.5. The molecule has 62 valence electrons. The first-order valence-corrected chi connectivity index (χ1v) is 4.40. The molecule has 0 N–H and O–H groups in total. The molecule has 0 saturated heterocycles. The zero-order valence-electron chi connectivity index (χ0n) is 7.10. The van der Waals surface area contributed by atoms with E-state index in [2.05, 4.69) is 6.92 Å². The quantitative estimate of drug-likeness (QED) is 0.449. The molecule has 0 aliphatic heterocycles. The third-order valence-corrected chi connectivity index (χ3v) is 2.31. The molecular formula is C9H15NO. The molecule has 1 aliphatic rings. The minimum absolute atomic E-state index is 0.0100. The summed E-state index contributed by atoms with van der Waals surface area (Å²) in [6.45, 7) is 2.19. The fourth-order valence-electron chi connectivity index (χ4n) is 1.34. The molecule has 11 heavy (non-hydrogen) atoms. The lowest BCUT2D eigenvalue weighted by atomic mass is 10.1. The van der Waals surface area contributed by atoms with Gasteiger partial charge in [-0.05, 0) is 25.7 Å². The molecule has 0 unspecified atom stereocenters. The van der Waals surface area contributed by atoms with E-state index in [1.54, 1.807) is 6.26 Å². The van der Waals surface area contributed by atoms with Crippen molar-refractivity contribution in [2.75, 3.05) is 0 Å². The second-order valence-electron chi connectivity index (χ2n) is 3.33. The van der Waals surface area contributed by atoms with Gasteiger partial charge in [-0.15, -0.1) is 0 Å². The van der Waals surface area contributed by atoms with Crippen LogP contribution in [0.25, 0.3) is 0 Å². The number of hydrogen-bond acceptors (Lipinski definition) is 2. The number of hydrogen-bond donors (Lipinski definition) is 0. The Morgan fingerprint density at radius 1 is 1.45 bits per heavy atom. The summed E-state index contributed by atoms with van der Waals surface area (Å²) < 4.78 is 4.99. The van der Waals surface area contributed by atoms with Gasteiger partial charge < -0.3 is 4.74 Å². The van der Waals surface area contributed by atoms with Gasteiger partial charge in [-0.3, -0.25) is 0 Å². The van der Waals surface area contributed by atoms with Crippen LogP contribution in [0.15, 0.2) is 0 Å². The molecule has 0 atom stereocenters. The largest absolute Gasteiger partial charge is 0.421 e. The first-order valence-electron chi connectivity index (χ1n) is 4.40. The standard InChI is InChI=1S/C9H15NO/c1-2-3-4-5-9(6-7-9)11-8-10/h2-7H2,1H3. The van der Waals surface area contributed by atoms with Crippen LogP contribution in [0.1, 0.15) is 45.4 Å². The van der Waals surface area contributed by atoms with Crippen LogP contribution in [-0.4, -0.2) is 5.60 Å². The predicted molar refractivity (Wildman–Crippen MR) is 42.8 cm³/mol. The lowest BCUT2D eigenvalue weighted by molar-refractivity contribution is 0.125. The summed E-state index contributed by atoms with van der Waals surface area (Å²) in [7, 11) is 0. The van der Waals surface area contributed by atoms with E-state index < -0.39 is 0 Å². The first kappa shape index (κ1) is 8.39. The summed E-state index contributed by atoms with van der Waals surface area (Å²) in [5.41, 5.74) is -0.0100. The molecule has 0 bridgehead atoms. The van der Waals surface area contributed by atoms with Gasteiger partial charge in [-0.2, -0.15) is 5.26 Å². The normalized spacial score (nSPS) is 18.9.